The molecule has 0 spiro atoms. The van der Waals surface area contributed by atoms with Crippen molar-refractivity contribution < 1.29 is 0 Å². The molecule has 6 nitrogen and oxygen atoms in total. The Balaban J connectivity index is 0.000000146. The van der Waals surface area contributed by atoms with Crippen LogP contribution in [0.15, 0.2) is 419 Å². The monoisotopic (exact) mass is 1830 g/mol. The maximum Gasteiger partial charge on any atom is 0.164 e. The van der Waals surface area contributed by atoms with E-state index in [1.54, 1.807) is 0 Å². The highest BCUT2D eigenvalue weighted by Crippen LogP contribution is 2.54. The molecule has 16 aromatic carbocycles. The lowest BCUT2D eigenvalue weighted by molar-refractivity contribution is 0.418. The van der Waals surface area contributed by atoms with Gasteiger partial charge >= 0.3 is 0 Å². The molecule has 2 fully saturated rings. The summed E-state index contributed by atoms with van der Waals surface area (Å²) in [6.45, 7) is 9.45. The van der Waals surface area contributed by atoms with E-state index in [-0.39, 0.29) is 10.8 Å². The Morgan fingerprint density at radius 2 is 0.403 bits per heavy atom. The molecule has 4 aliphatic rings. The smallest absolute Gasteiger partial charge is 0.164 e. The van der Waals surface area contributed by atoms with E-state index in [4.69, 9.17) is 41.5 Å². The first-order chi connectivity index (χ1) is 68.3. The van der Waals surface area contributed by atoms with E-state index in [2.05, 4.69) is 367 Å². The molecule has 7 heteroatoms. The van der Waals surface area contributed by atoms with Gasteiger partial charge in [-0.15, -0.1) is 0 Å². The van der Waals surface area contributed by atoms with Gasteiger partial charge in [-0.3, -0.25) is 0 Å². The van der Waals surface area contributed by atoms with Crippen LogP contribution in [0.2, 0.25) is 5.02 Å². The predicted molar refractivity (Wildman–Crippen MR) is 580 cm³/mol. The minimum atomic E-state index is -0.171. The van der Waals surface area contributed by atoms with Crippen LogP contribution in [0.25, 0.3) is 124 Å². The molecule has 0 bridgehead atoms. The van der Waals surface area contributed by atoms with E-state index in [1.165, 1.54) is 201 Å². The van der Waals surface area contributed by atoms with Gasteiger partial charge in [0.1, 0.15) is 0 Å². The minimum Gasteiger partial charge on any atom is -0.208 e. The Kier molecular flexibility index (Phi) is 28.8. The molecule has 2 saturated carbocycles. The van der Waals surface area contributed by atoms with Crippen molar-refractivity contribution in [2.24, 2.45) is 0 Å². The van der Waals surface area contributed by atoms with Crippen molar-refractivity contribution in [3.63, 3.8) is 0 Å². The van der Waals surface area contributed by atoms with Crippen LogP contribution < -0.4 is 0 Å². The summed E-state index contributed by atoms with van der Waals surface area (Å²) in [5, 5.41) is 0.729. The Morgan fingerprint density at radius 3 is 0.727 bits per heavy atom. The van der Waals surface area contributed by atoms with Gasteiger partial charge in [-0.1, -0.05) is 448 Å². The molecular weight excluding hydrogens is 1700 g/mol. The summed E-state index contributed by atoms with van der Waals surface area (Å²) in [7, 11) is 0. The van der Waals surface area contributed by atoms with E-state index in [1.807, 2.05) is 78.9 Å². The Morgan fingerprint density at radius 1 is 0.173 bits per heavy atom. The second-order valence-corrected chi connectivity index (χ2v) is 40.3. The second-order valence-electron chi connectivity index (χ2n) is 39.9. The van der Waals surface area contributed by atoms with Gasteiger partial charge in [0.05, 0.1) is 0 Å². The average molecular weight is 1830 g/mol. The average Bonchev–Trinajstić information content (AvgIpc) is 1.57. The minimum absolute atomic E-state index is 0.0801. The summed E-state index contributed by atoms with van der Waals surface area (Å²) in [5.41, 5.74) is 33.0. The molecule has 139 heavy (non-hydrogen) atoms. The normalized spacial score (nSPS) is 17.8. The van der Waals surface area contributed by atoms with Crippen molar-refractivity contribution in [3.05, 3.63) is 479 Å². The first kappa shape index (κ1) is 92.5. The van der Waals surface area contributed by atoms with Crippen molar-refractivity contribution >= 4 is 11.6 Å². The summed E-state index contributed by atoms with van der Waals surface area (Å²) >= 11 is 6.93. The van der Waals surface area contributed by atoms with Crippen LogP contribution in [0.1, 0.15) is 234 Å². The van der Waals surface area contributed by atoms with Crippen LogP contribution in [0, 0.1) is 0 Å². The molecule has 0 amide bonds. The molecular formula is C132H123ClN6. The standard InChI is InChI=1S/C66H61N3.C45H44ClN3.C21H18/c1-66(2)61-44-54(48-25-12-5-13-26-48)37-39-59(61)60-40-38-55(45-62(60)66)57-41-56(42-58(43-57)65-68-63(52-29-14-6-15-30-52)67-64(69-65)53-31-16-7-17-32-53)49-27-18-19-28-50(46-21-8-3-9-22-46)35-36-51(34-20-33-49)47-23-10-4-11-24-47;46-42-31-40(30-41(32-42)45-48-43(38-22-9-3-10-23-38)47-44(49-45)39-24-11-4-12-25-39)35-20-13-14-21-36(33-16-5-1-6-17-33)28-29-37(27-15-26-35)34-18-7-2-8-19-34;1-21(2)19-11-7-6-10-17(19)18-13-12-16(14-20(18)21)15-8-4-3-5-9-15/h3-17,21-26,29-32,37-45,49-51H,18-20,27-28,33-36H2,1-2H3;1-12,16-19,22-25,30-32,35-37H,13-15,20-21,26-29H2;3-14H,1-2H3. The van der Waals surface area contributed by atoms with E-state index in [0.29, 0.717) is 70.5 Å². The van der Waals surface area contributed by atoms with Gasteiger partial charge in [0.15, 0.2) is 34.9 Å². The predicted octanol–water partition coefficient (Wildman–Crippen LogP) is 36.1. The summed E-state index contributed by atoms with van der Waals surface area (Å²) in [6, 6.07) is 151. The number of benzene rings is 16. The van der Waals surface area contributed by atoms with E-state index >= 15 is 0 Å². The fraction of sp³-hybridized carbons (Fsp3) is 0.227. The summed E-state index contributed by atoms with van der Waals surface area (Å²) in [5.74, 6) is 7.16. The lowest BCUT2D eigenvalue weighted by Gasteiger charge is -2.26. The van der Waals surface area contributed by atoms with Crippen molar-refractivity contribution in [3.8, 4) is 124 Å². The van der Waals surface area contributed by atoms with Crippen LogP contribution in [0.4, 0.5) is 0 Å². The fourth-order valence-electron chi connectivity index (χ4n) is 22.6. The number of aromatic nitrogens is 6. The van der Waals surface area contributed by atoms with E-state index in [9.17, 15) is 0 Å². The third-order valence-corrected chi connectivity index (χ3v) is 30.5. The first-order valence-corrected chi connectivity index (χ1v) is 51.2. The Labute approximate surface area is 828 Å². The molecule has 0 N–H and O–H groups in total. The third kappa shape index (κ3) is 21.6. The molecule has 18 aromatic rings. The lowest BCUT2D eigenvalue weighted by atomic mass is 9.79. The van der Waals surface area contributed by atoms with Crippen molar-refractivity contribution in [2.45, 2.75) is 190 Å². The van der Waals surface area contributed by atoms with E-state index < -0.39 is 0 Å². The SMILES string of the molecule is CC1(C)c2cc(-c3ccccc3)ccc2-c2ccc(-c3cc(-c4nc(-c5ccccc5)nc(-c5ccccc5)n4)cc(C4CCCCC(c5ccccc5)CCC(c5ccccc5)CCC4)c3)cc21.CC1(C)c2ccccc2-c2ccc(-c3ccccc3)cc21.Clc1cc(-c2nc(-c3ccccc3)nc(-c3ccccc3)n2)cc(C2CCCCC(c3ccccc3)CCC(c3ccccc3)CCC2)c1. The summed E-state index contributed by atoms with van der Waals surface area (Å²) < 4.78 is 0. The topological polar surface area (TPSA) is 77.3 Å². The number of nitrogens with zero attached hydrogens (tertiary/aromatic N) is 6. The first-order valence-electron chi connectivity index (χ1n) is 50.9. The largest absolute Gasteiger partial charge is 0.208 e. The maximum atomic E-state index is 6.93. The highest BCUT2D eigenvalue weighted by molar-refractivity contribution is 6.31. The van der Waals surface area contributed by atoms with Crippen LogP contribution >= 0.6 is 11.6 Å². The summed E-state index contributed by atoms with van der Waals surface area (Å²) in [4.78, 5) is 30.6. The third-order valence-electron chi connectivity index (χ3n) is 30.3. The molecule has 2 heterocycles. The molecule has 0 radical (unpaired) electrons. The maximum absolute atomic E-state index is 6.93. The molecule has 4 aliphatic carbocycles. The fourth-order valence-corrected chi connectivity index (χ4v) is 22.9. The molecule has 2 aromatic heterocycles. The van der Waals surface area contributed by atoms with Crippen LogP contribution in [-0.4, -0.2) is 29.9 Å². The number of hydrogen-bond donors (Lipinski definition) is 0. The van der Waals surface area contributed by atoms with Crippen molar-refractivity contribution in [1.29, 1.82) is 0 Å². The molecule has 0 aliphatic heterocycles. The Hall–Kier alpha value is -14.2. The molecule has 22 rings (SSSR count). The van der Waals surface area contributed by atoms with Gasteiger partial charge in [0.25, 0.3) is 0 Å². The zero-order valence-electron chi connectivity index (χ0n) is 80.6. The van der Waals surface area contributed by atoms with Crippen molar-refractivity contribution in [1.82, 2.24) is 29.9 Å². The van der Waals surface area contributed by atoms with Gasteiger partial charge < -0.3 is 0 Å². The van der Waals surface area contributed by atoms with Crippen LogP contribution in [0.5, 0.6) is 0 Å². The summed E-state index contributed by atoms with van der Waals surface area (Å²) in [6.07, 6.45) is 21.6. The number of halogens is 1. The highest BCUT2D eigenvalue weighted by Gasteiger charge is 2.38. The van der Waals surface area contributed by atoms with Gasteiger partial charge in [-0.2, -0.15) is 0 Å². The van der Waals surface area contributed by atoms with E-state index in [0.717, 1.165) is 64.1 Å². The van der Waals surface area contributed by atoms with Gasteiger partial charge in [-0.05, 0) is 272 Å². The van der Waals surface area contributed by atoms with Gasteiger partial charge in [-0.25, -0.2) is 29.9 Å². The zero-order chi connectivity index (χ0) is 94.3. The van der Waals surface area contributed by atoms with Gasteiger partial charge in [0.2, 0.25) is 0 Å². The zero-order valence-corrected chi connectivity index (χ0v) is 81.3. The van der Waals surface area contributed by atoms with Crippen LogP contribution in [-0.2, 0) is 10.8 Å². The quantitative estimate of drug-likeness (QED) is 0.102. The number of hydrogen-bond acceptors (Lipinski definition) is 6. The lowest BCUT2D eigenvalue weighted by Crippen LogP contribution is -2.15. The number of rotatable bonds is 15. The molecule has 6 atom stereocenters. The van der Waals surface area contributed by atoms with Gasteiger partial charge in [0, 0.05) is 49.2 Å². The second kappa shape index (κ2) is 43.3. The molecule has 6 unspecified atom stereocenters. The molecule has 0 saturated heterocycles. The highest BCUT2D eigenvalue weighted by atomic mass is 35.5. The van der Waals surface area contributed by atoms with Crippen LogP contribution in [0.3, 0.4) is 0 Å². The Bertz CT molecular complexity index is 7030. The number of fused-ring (bicyclic) bond motifs is 6. The molecule has 688 valence electrons. The van der Waals surface area contributed by atoms with Crippen molar-refractivity contribution in [2.75, 3.05) is 0 Å².